The van der Waals surface area contributed by atoms with Crippen molar-refractivity contribution in [1.29, 1.82) is 0 Å². The number of halogens is 2. The van der Waals surface area contributed by atoms with Crippen LogP contribution in [0.2, 0.25) is 0 Å². The average Bonchev–Trinajstić information content (AvgIpc) is 3.23. The SMILES string of the molecule is O=C(O)CCCCCN1C(=O)SC(=Cc2ccc(-c3cc(F)ccc3F)o2)C1=O. The number of imide groups is 1. The topological polar surface area (TPSA) is 87.8 Å². The van der Waals surface area contributed by atoms with E-state index in [1.807, 2.05) is 0 Å². The van der Waals surface area contributed by atoms with Crippen LogP contribution in [0.15, 0.2) is 39.7 Å². The van der Waals surface area contributed by atoms with E-state index in [-0.39, 0.29) is 35.0 Å². The first-order chi connectivity index (χ1) is 13.8. The Morgan fingerprint density at radius 2 is 1.93 bits per heavy atom. The smallest absolute Gasteiger partial charge is 0.303 e. The molecule has 2 amide bonds. The monoisotopic (exact) mass is 421 g/mol. The number of hydrogen-bond acceptors (Lipinski definition) is 5. The molecule has 1 aromatic carbocycles. The van der Waals surface area contributed by atoms with Gasteiger partial charge >= 0.3 is 5.97 Å². The van der Waals surface area contributed by atoms with Gasteiger partial charge in [0.25, 0.3) is 11.1 Å². The van der Waals surface area contributed by atoms with Crippen molar-refractivity contribution in [2.24, 2.45) is 0 Å². The zero-order chi connectivity index (χ0) is 21.0. The van der Waals surface area contributed by atoms with Gasteiger partial charge in [-0.1, -0.05) is 6.42 Å². The maximum atomic E-state index is 13.9. The minimum absolute atomic E-state index is 0.0425. The maximum absolute atomic E-state index is 13.9. The third-order valence-electron chi connectivity index (χ3n) is 4.24. The summed E-state index contributed by atoms with van der Waals surface area (Å²) in [6.07, 6.45) is 3.02. The van der Waals surface area contributed by atoms with Crippen LogP contribution in [0.3, 0.4) is 0 Å². The normalized spacial score (nSPS) is 15.5. The molecule has 9 heteroatoms. The zero-order valence-corrected chi connectivity index (χ0v) is 16.0. The van der Waals surface area contributed by atoms with Crippen LogP contribution < -0.4 is 0 Å². The number of thioether (sulfide) groups is 1. The fourth-order valence-electron chi connectivity index (χ4n) is 2.81. The molecule has 0 unspecified atom stereocenters. The highest BCUT2D eigenvalue weighted by molar-refractivity contribution is 8.18. The molecule has 6 nitrogen and oxygen atoms in total. The molecule has 1 fully saturated rings. The van der Waals surface area contributed by atoms with Crippen molar-refractivity contribution in [2.75, 3.05) is 6.54 Å². The Morgan fingerprint density at radius 1 is 1.14 bits per heavy atom. The molecule has 2 heterocycles. The van der Waals surface area contributed by atoms with Gasteiger partial charge in [0.2, 0.25) is 0 Å². The molecule has 29 heavy (non-hydrogen) atoms. The largest absolute Gasteiger partial charge is 0.481 e. The standard InChI is InChI=1S/C20H17F2NO5S/c21-12-5-7-15(22)14(10-12)16-8-6-13(28-16)11-17-19(26)23(20(27)29-17)9-3-1-2-4-18(24)25/h5-8,10-11H,1-4,9H2,(H,24,25). The Morgan fingerprint density at radius 3 is 2.69 bits per heavy atom. The highest BCUT2D eigenvalue weighted by atomic mass is 32.2. The van der Waals surface area contributed by atoms with Crippen molar-refractivity contribution < 1.29 is 32.7 Å². The third kappa shape index (κ3) is 5.11. The lowest BCUT2D eigenvalue weighted by Crippen LogP contribution is -2.29. The van der Waals surface area contributed by atoms with Gasteiger partial charge in [-0.2, -0.15) is 0 Å². The van der Waals surface area contributed by atoms with Gasteiger partial charge in [-0.3, -0.25) is 19.3 Å². The summed E-state index contributed by atoms with van der Waals surface area (Å²) in [4.78, 5) is 36.3. The molecular weight excluding hydrogens is 404 g/mol. The van der Waals surface area contributed by atoms with Crippen molar-refractivity contribution >= 4 is 35.0 Å². The summed E-state index contributed by atoms with van der Waals surface area (Å²) in [5.41, 5.74) is -0.0425. The van der Waals surface area contributed by atoms with E-state index < -0.39 is 28.8 Å². The van der Waals surface area contributed by atoms with Crippen molar-refractivity contribution in [3.63, 3.8) is 0 Å². The van der Waals surface area contributed by atoms with Crippen LogP contribution >= 0.6 is 11.8 Å². The third-order valence-corrected chi connectivity index (χ3v) is 5.15. The first-order valence-electron chi connectivity index (χ1n) is 8.87. The quantitative estimate of drug-likeness (QED) is 0.482. The molecule has 1 aliphatic rings. The predicted molar refractivity (Wildman–Crippen MR) is 103 cm³/mol. The number of carbonyl (C=O) groups excluding carboxylic acids is 2. The number of unbranched alkanes of at least 4 members (excludes halogenated alkanes) is 2. The minimum atomic E-state index is -0.880. The molecule has 1 saturated heterocycles. The molecule has 2 aromatic rings. The fourth-order valence-corrected chi connectivity index (χ4v) is 3.65. The van der Waals surface area contributed by atoms with Gasteiger partial charge in [0, 0.05) is 19.0 Å². The van der Waals surface area contributed by atoms with E-state index in [0.29, 0.717) is 19.3 Å². The second-order valence-electron chi connectivity index (χ2n) is 6.36. The van der Waals surface area contributed by atoms with Crippen LogP contribution in [0, 0.1) is 11.6 Å². The van der Waals surface area contributed by atoms with E-state index in [9.17, 15) is 23.2 Å². The molecule has 1 N–H and O–H groups in total. The maximum Gasteiger partial charge on any atom is 0.303 e. The Bertz CT molecular complexity index is 985. The first kappa shape index (κ1) is 20.8. The molecule has 0 spiro atoms. The molecule has 0 aliphatic carbocycles. The van der Waals surface area contributed by atoms with E-state index in [4.69, 9.17) is 9.52 Å². The number of nitrogens with zero attached hydrogens (tertiary/aromatic N) is 1. The number of carboxylic acids is 1. The summed E-state index contributed by atoms with van der Waals surface area (Å²) in [6.45, 7) is 0.208. The van der Waals surface area contributed by atoms with E-state index in [1.165, 1.54) is 18.2 Å². The van der Waals surface area contributed by atoms with E-state index in [2.05, 4.69) is 0 Å². The zero-order valence-electron chi connectivity index (χ0n) is 15.2. The fraction of sp³-hybridized carbons (Fsp3) is 0.250. The Hall–Kier alpha value is -2.94. The highest BCUT2D eigenvalue weighted by Gasteiger charge is 2.34. The molecule has 152 valence electrons. The number of rotatable bonds is 8. The molecule has 0 saturated carbocycles. The number of benzene rings is 1. The lowest BCUT2D eigenvalue weighted by atomic mass is 10.1. The van der Waals surface area contributed by atoms with Crippen LogP contribution in [0.5, 0.6) is 0 Å². The van der Waals surface area contributed by atoms with Gasteiger partial charge in [-0.15, -0.1) is 0 Å². The minimum Gasteiger partial charge on any atom is -0.481 e. The highest BCUT2D eigenvalue weighted by Crippen LogP contribution is 2.34. The van der Waals surface area contributed by atoms with E-state index in [1.54, 1.807) is 0 Å². The van der Waals surface area contributed by atoms with Gasteiger partial charge in [0.05, 0.1) is 10.5 Å². The van der Waals surface area contributed by atoms with Gasteiger partial charge in [0.15, 0.2) is 0 Å². The van der Waals surface area contributed by atoms with E-state index in [0.717, 1.165) is 34.9 Å². The van der Waals surface area contributed by atoms with Crippen LogP contribution in [-0.4, -0.2) is 33.7 Å². The first-order valence-corrected chi connectivity index (χ1v) is 9.69. The van der Waals surface area contributed by atoms with Crippen LogP contribution in [-0.2, 0) is 9.59 Å². The van der Waals surface area contributed by atoms with Crippen LogP contribution in [0.4, 0.5) is 13.6 Å². The van der Waals surface area contributed by atoms with Gasteiger partial charge in [-0.25, -0.2) is 8.78 Å². The summed E-state index contributed by atoms with van der Waals surface area (Å²) in [6, 6.07) is 5.96. The number of furan rings is 1. The predicted octanol–water partition coefficient (Wildman–Crippen LogP) is 4.91. The van der Waals surface area contributed by atoms with E-state index >= 15 is 0 Å². The molecule has 0 atom stereocenters. The lowest BCUT2D eigenvalue weighted by molar-refractivity contribution is -0.137. The second kappa shape index (κ2) is 9.04. The van der Waals surface area contributed by atoms with Crippen LogP contribution in [0.25, 0.3) is 17.4 Å². The van der Waals surface area contributed by atoms with Gasteiger partial charge in [-0.05, 0) is 54.9 Å². The molecular formula is C20H17F2NO5S. The Kier molecular flexibility index (Phi) is 6.48. The second-order valence-corrected chi connectivity index (χ2v) is 7.36. The Balaban J connectivity index is 1.66. The summed E-state index contributed by atoms with van der Waals surface area (Å²) in [5, 5.41) is 8.19. The van der Waals surface area contributed by atoms with Crippen molar-refractivity contribution in [3.8, 4) is 11.3 Å². The van der Waals surface area contributed by atoms with Crippen molar-refractivity contribution in [3.05, 3.63) is 52.6 Å². The number of carboxylic acid groups (broad SMARTS) is 1. The number of aliphatic carboxylic acids is 1. The average molecular weight is 421 g/mol. The van der Waals surface area contributed by atoms with Crippen LogP contribution in [0.1, 0.15) is 31.4 Å². The molecule has 1 aromatic heterocycles. The van der Waals surface area contributed by atoms with Crippen molar-refractivity contribution in [2.45, 2.75) is 25.7 Å². The number of hydrogen-bond donors (Lipinski definition) is 1. The lowest BCUT2D eigenvalue weighted by Gasteiger charge is -2.11. The van der Waals surface area contributed by atoms with Gasteiger partial charge in [0.1, 0.15) is 23.2 Å². The molecule has 3 rings (SSSR count). The summed E-state index contributed by atoms with van der Waals surface area (Å²) in [5.74, 6) is -2.26. The summed E-state index contributed by atoms with van der Waals surface area (Å²) in [7, 11) is 0. The Labute approximate surface area is 169 Å². The van der Waals surface area contributed by atoms with Crippen molar-refractivity contribution in [1.82, 2.24) is 4.90 Å². The van der Waals surface area contributed by atoms with Gasteiger partial charge < -0.3 is 9.52 Å². The molecule has 1 aliphatic heterocycles. The molecule has 0 bridgehead atoms. The number of amides is 2. The summed E-state index contributed by atoms with van der Waals surface area (Å²) >= 11 is 0.766. The summed E-state index contributed by atoms with van der Waals surface area (Å²) < 4.78 is 32.7. The molecule has 0 radical (unpaired) electrons. The number of carbonyl (C=O) groups is 3.